The van der Waals surface area contributed by atoms with E-state index in [1.807, 2.05) is 0 Å². The van der Waals surface area contributed by atoms with E-state index < -0.39 is 5.97 Å². The second kappa shape index (κ2) is 4.75. The second-order valence-corrected chi connectivity index (χ2v) is 4.31. The second-order valence-electron chi connectivity index (χ2n) is 4.31. The van der Waals surface area contributed by atoms with Crippen LogP contribution in [0.5, 0.6) is 0 Å². The highest BCUT2D eigenvalue weighted by atomic mass is 16.5. The van der Waals surface area contributed by atoms with Crippen molar-refractivity contribution in [1.29, 1.82) is 0 Å². The number of rotatable bonds is 4. The summed E-state index contributed by atoms with van der Waals surface area (Å²) in [5.41, 5.74) is -0.0256. The van der Waals surface area contributed by atoms with Crippen molar-refractivity contribution in [2.45, 2.75) is 32.2 Å². The van der Waals surface area contributed by atoms with Crippen LogP contribution in [0.4, 0.5) is 0 Å². The topological polar surface area (TPSA) is 49.8 Å². The molecular weight excluding hydrogens is 182 g/mol. The minimum Gasteiger partial charge on any atom is -0.481 e. The molecule has 0 amide bonds. The molecule has 4 nitrogen and oxygen atoms in total. The van der Waals surface area contributed by atoms with Gasteiger partial charge in [-0.05, 0) is 20.3 Å². The van der Waals surface area contributed by atoms with Crippen LogP contribution in [0.2, 0.25) is 0 Å². The van der Waals surface area contributed by atoms with E-state index in [9.17, 15) is 4.79 Å². The summed E-state index contributed by atoms with van der Waals surface area (Å²) in [6.07, 6.45) is 0.937. The lowest BCUT2D eigenvalue weighted by Crippen LogP contribution is -2.50. The molecule has 0 bridgehead atoms. The Morgan fingerprint density at radius 1 is 1.43 bits per heavy atom. The van der Waals surface area contributed by atoms with Gasteiger partial charge in [0.25, 0.3) is 0 Å². The van der Waals surface area contributed by atoms with E-state index in [2.05, 4.69) is 18.7 Å². The standard InChI is InChI=1S/C10H19NO3/c1-10(2,4-3-9(12)13)11-5-7-14-8-6-11/h3-8H2,1-2H3,(H,12,13). The normalized spacial score (nSPS) is 19.6. The molecule has 0 aromatic carbocycles. The first-order valence-corrected chi connectivity index (χ1v) is 5.07. The first-order valence-electron chi connectivity index (χ1n) is 5.07. The molecule has 0 spiro atoms. The number of nitrogens with zero attached hydrogens (tertiary/aromatic N) is 1. The van der Waals surface area contributed by atoms with Gasteiger partial charge in [-0.2, -0.15) is 0 Å². The van der Waals surface area contributed by atoms with Crippen LogP contribution in [0, 0.1) is 0 Å². The Kier molecular flexibility index (Phi) is 3.89. The summed E-state index contributed by atoms with van der Waals surface area (Å²) in [6, 6.07) is 0. The van der Waals surface area contributed by atoms with Crippen LogP contribution in [0.1, 0.15) is 26.7 Å². The van der Waals surface area contributed by atoms with E-state index in [1.54, 1.807) is 0 Å². The Morgan fingerprint density at radius 2 is 2.00 bits per heavy atom. The highest BCUT2D eigenvalue weighted by molar-refractivity contribution is 5.66. The van der Waals surface area contributed by atoms with Crippen LogP contribution in [0.3, 0.4) is 0 Å². The van der Waals surface area contributed by atoms with Crippen LogP contribution < -0.4 is 0 Å². The summed E-state index contributed by atoms with van der Waals surface area (Å²) in [5.74, 6) is -0.716. The van der Waals surface area contributed by atoms with Crippen molar-refractivity contribution in [2.24, 2.45) is 0 Å². The number of carboxylic acid groups (broad SMARTS) is 1. The van der Waals surface area contributed by atoms with E-state index in [-0.39, 0.29) is 12.0 Å². The molecule has 4 heteroatoms. The Labute approximate surface area is 84.8 Å². The molecule has 0 aromatic heterocycles. The smallest absolute Gasteiger partial charge is 0.303 e. The summed E-state index contributed by atoms with van der Waals surface area (Å²) in [4.78, 5) is 12.8. The maximum Gasteiger partial charge on any atom is 0.303 e. The molecule has 1 aliphatic heterocycles. The van der Waals surface area contributed by atoms with Crippen molar-refractivity contribution < 1.29 is 14.6 Å². The zero-order valence-corrected chi connectivity index (χ0v) is 8.95. The van der Waals surface area contributed by atoms with Gasteiger partial charge in [0.1, 0.15) is 0 Å². The first kappa shape index (κ1) is 11.5. The Hall–Kier alpha value is -0.610. The van der Waals surface area contributed by atoms with Gasteiger partial charge in [0.05, 0.1) is 13.2 Å². The van der Waals surface area contributed by atoms with Gasteiger partial charge in [-0.25, -0.2) is 0 Å². The maximum absolute atomic E-state index is 10.5. The average molecular weight is 201 g/mol. The zero-order valence-electron chi connectivity index (χ0n) is 8.95. The third-order valence-electron chi connectivity index (χ3n) is 2.82. The fourth-order valence-corrected chi connectivity index (χ4v) is 1.74. The molecule has 0 unspecified atom stereocenters. The number of aliphatic carboxylic acids is 1. The SMILES string of the molecule is CC(C)(CCC(=O)O)N1CCOCC1. The molecule has 0 saturated carbocycles. The molecule has 0 atom stereocenters. The van der Waals surface area contributed by atoms with Crippen molar-refractivity contribution in [2.75, 3.05) is 26.3 Å². The summed E-state index contributed by atoms with van der Waals surface area (Å²) in [6.45, 7) is 7.54. The van der Waals surface area contributed by atoms with E-state index in [0.29, 0.717) is 6.42 Å². The van der Waals surface area contributed by atoms with E-state index >= 15 is 0 Å². The first-order chi connectivity index (χ1) is 6.52. The molecule has 1 aliphatic rings. The number of carbonyl (C=O) groups is 1. The Balaban J connectivity index is 2.41. The van der Waals surface area contributed by atoms with Crippen LogP contribution >= 0.6 is 0 Å². The molecule has 14 heavy (non-hydrogen) atoms. The summed E-state index contributed by atoms with van der Waals surface area (Å²) in [7, 11) is 0. The number of hydrogen-bond acceptors (Lipinski definition) is 3. The minimum atomic E-state index is -0.716. The van der Waals surface area contributed by atoms with Crippen molar-refractivity contribution >= 4 is 5.97 Å². The maximum atomic E-state index is 10.5. The molecule has 0 radical (unpaired) electrons. The van der Waals surface area contributed by atoms with Gasteiger partial charge in [-0.1, -0.05) is 0 Å². The average Bonchev–Trinajstić information content (AvgIpc) is 2.16. The Bertz CT molecular complexity index is 198. The van der Waals surface area contributed by atoms with Gasteiger partial charge in [0.2, 0.25) is 0 Å². The third kappa shape index (κ3) is 3.27. The van der Waals surface area contributed by atoms with E-state index in [0.717, 1.165) is 26.3 Å². The minimum absolute atomic E-state index is 0.0256. The summed E-state index contributed by atoms with van der Waals surface area (Å²) >= 11 is 0. The van der Waals surface area contributed by atoms with Gasteiger partial charge < -0.3 is 9.84 Å². The summed E-state index contributed by atoms with van der Waals surface area (Å²) < 4.78 is 5.26. The van der Waals surface area contributed by atoms with Crippen molar-refractivity contribution in [3.8, 4) is 0 Å². The molecule has 0 aliphatic carbocycles. The van der Waals surface area contributed by atoms with Crippen LogP contribution in [-0.2, 0) is 9.53 Å². The molecule has 1 fully saturated rings. The molecule has 1 heterocycles. The molecule has 82 valence electrons. The van der Waals surface area contributed by atoms with Crippen LogP contribution in [0.25, 0.3) is 0 Å². The third-order valence-corrected chi connectivity index (χ3v) is 2.82. The molecule has 1 rings (SSSR count). The van der Waals surface area contributed by atoms with Crippen molar-refractivity contribution in [3.63, 3.8) is 0 Å². The highest BCUT2D eigenvalue weighted by Gasteiger charge is 2.28. The molecular formula is C10H19NO3. The monoisotopic (exact) mass is 201 g/mol. The molecule has 0 aromatic rings. The summed E-state index contributed by atoms with van der Waals surface area (Å²) in [5, 5.41) is 8.63. The van der Waals surface area contributed by atoms with Gasteiger partial charge in [0.15, 0.2) is 0 Å². The largest absolute Gasteiger partial charge is 0.481 e. The van der Waals surface area contributed by atoms with Crippen LogP contribution in [0.15, 0.2) is 0 Å². The number of hydrogen-bond donors (Lipinski definition) is 1. The van der Waals surface area contributed by atoms with E-state index in [1.165, 1.54) is 0 Å². The predicted octanol–water partition coefficient (Wildman–Crippen LogP) is 0.962. The predicted molar refractivity (Wildman–Crippen MR) is 53.3 cm³/mol. The molecule has 1 N–H and O–H groups in total. The fourth-order valence-electron chi connectivity index (χ4n) is 1.74. The highest BCUT2D eigenvalue weighted by Crippen LogP contribution is 2.21. The lowest BCUT2D eigenvalue weighted by molar-refractivity contribution is -0.138. The number of morpholine rings is 1. The number of carboxylic acids is 1. The van der Waals surface area contributed by atoms with Gasteiger partial charge in [-0.3, -0.25) is 9.69 Å². The van der Waals surface area contributed by atoms with Crippen molar-refractivity contribution in [1.82, 2.24) is 4.90 Å². The van der Waals surface area contributed by atoms with E-state index in [4.69, 9.17) is 9.84 Å². The lowest BCUT2D eigenvalue weighted by Gasteiger charge is -2.40. The number of ether oxygens (including phenoxy) is 1. The quantitative estimate of drug-likeness (QED) is 0.736. The van der Waals surface area contributed by atoms with Crippen molar-refractivity contribution in [3.05, 3.63) is 0 Å². The lowest BCUT2D eigenvalue weighted by atomic mass is 9.95. The fraction of sp³-hybridized carbons (Fsp3) is 0.900. The van der Waals surface area contributed by atoms with Crippen LogP contribution in [-0.4, -0.2) is 47.8 Å². The Morgan fingerprint density at radius 3 is 2.50 bits per heavy atom. The van der Waals surface area contributed by atoms with Gasteiger partial charge >= 0.3 is 5.97 Å². The zero-order chi connectivity index (χ0) is 10.6. The molecule has 1 saturated heterocycles. The van der Waals surface area contributed by atoms with Gasteiger partial charge in [-0.15, -0.1) is 0 Å². The van der Waals surface area contributed by atoms with Gasteiger partial charge in [0, 0.05) is 25.0 Å².